The maximum absolute atomic E-state index is 13.8. The second-order valence-corrected chi connectivity index (χ2v) is 9.63. The van der Waals surface area contributed by atoms with Gasteiger partial charge in [0.2, 0.25) is 5.91 Å². The summed E-state index contributed by atoms with van der Waals surface area (Å²) < 4.78 is 27.3. The Morgan fingerprint density at radius 2 is 1.41 bits per heavy atom. The lowest BCUT2D eigenvalue weighted by atomic mass is 9.73. The quantitative estimate of drug-likeness (QED) is 0.497. The predicted molar refractivity (Wildman–Crippen MR) is 130 cm³/mol. The third-order valence-electron chi connectivity index (χ3n) is 7.67. The molecule has 3 aromatic rings. The van der Waals surface area contributed by atoms with Crippen molar-refractivity contribution >= 4 is 5.91 Å². The molecule has 1 aliphatic heterocycles. The molecule has 1 amide bonds. The van der Waals surface area contributed by atoms with Gasteiger partial charge in [-0.1, -0.05) is 48.5 Å². The molecule has 3 aromatic carbocycles. The van der Waals surface area contributed by atoms with Crippen molar-refractivity contribution in [2.45, 2.75) is 37.1 Å². The van der Waals surface area contributed by atoms with Gasteiger partial charge in [0, 0.05) is 19.1 Å². The number of hydrogen-bond donors (Lipinski definition) is 0. The summed E-state index contributed by atoms with van der Waals surface area (Å²) in [4.78, 5) is 18.1. The molecule has 0 bridgehead atoms. The fourth-order valence-corrected chi connectivity index (χ4v) is 5.71. The van der Waals surface area contributed by atoms with Crippen molar-refractivity contribution in [3.63, 3.8) is 0 Å². The van der Waals surface area contributed by atoms with Crippen molar-refractivity contribution in [3.05, 3.63) is 107 Å². The molecule has 3 nitrogen and oxygen atoms in total. The summed E-state index contributed by atoms with van der Waals surface area (Å²) in [5, 5.41) is 0. The number of carbonyl (C=O) groups excluding carboxylic acids is 1. The molecule has 0 saturated carbocycles. The van der Waals surface area contributed by atoms with Crippen LogP contribution in [0.5, 0.6) is 0 Å². The van der Waals surface area contributed by atoms with E-state index in [9.17, 15) is 13.6 Å². The highest BCUT2D eigenvalue weighted by atomic mass is 19.1. The third-order valence-corrected chi connectivity index (χ3v) is 7.67. The van der Waals surface area contributed by atoms with Gasteiger partial charge in [0.15, 0.2) is 0 Å². The molecule has 34 heavy (non-hydrogen) atoms. The number of rotatable bonds is 7. The first-order valence-electron chi connectivity index (χ1n) is 12.1. The number of amides is 1. The first-order chi connectivity index (χ1) is 16.5. The van der Waals surface area contributed by atoms with Crippen molar-refractivity contribution in [1.82, 2.24) is 9.80 Å². The second-order valence-electron chi connectivity index (χ2n) is 9.63. The van der Waals surface area contributed by atoms with Gasteiger partial charge >= 0.3 is 0 Å². The Balaban J connectivity index is 1.27. The molecule has 0 aromatic heterocycles. The van der Waals surface area contributed by atoms with Crippen molar-refractivity contribution in [3.8, 4) is 0 Å². The lowest BCUT2D eigenvalue weighted by Gasteiger charge is -2.30. The highest BCUT2D eigenvalue weighted by Gasteiger charge is 2.49. The van der Waals surface area contributed by atoms with Gasteiger partial charge < -0.3 is 9.80 Å². The molecule has 0 spiro atoms. The summed E-state index contributed by atoms with van der Waals surface area (Å²) in [6.07, 6.45) is 3.63. The van der Waals surface area contributed by atoms with Crippen LogP contribution in [0.1, 0.15) is 35.1 Å². The molecular weight excluding hydrogens is 430 g/mol. The van der Waals surface area contributed by atoms with Crippen LogP contribution in [0.2, 0.25) is 0 Å². The molecule has 0 radical (unpaired) electrons. The van der Waals surface area contributed by atoms with Crippen LogP contribution in [0.4, 0.5) is 8.78 Å². The topological polar surface area (TPSA) is 23.6 Å². The Morgan fingerprint density at radius 1 is 0.882 bits per heavy atom. The van der Waals surface area contributed by atoms with E-state index < -0.39 is 5.41 Å². The van der Waals surface area contributed by atoms with Gasteiger partial charge in [-0.05, 0) is 85.8 Å². The van der Waals surface area contributed by atoms with Crippen LogP contribution in [0.3, 0.4) is 0 Å². The van der Waals surface area contributed by atoms with E-state index in [-0.39, 0.29) is 17.5 Å². The van der Waals surface area contributed by atoms with Gasteiger partial charge in [-0.2, -0.15) is 0 Å². The van der Waals surface area contributed by atoms with E-state index in [0.29, 0.717) is 25.6 Å². The summed E-state index contributed by atoms with van der Waals surface area (Å²) in [5.74, 6) is -0.656. The average Bonchev–Trinajstić information content (AvgIpc) is 3.42. The zero-order valence-electron chi connectivity index (χ0n) is 19.5. The zero-order valence-corrected chi connectivity index (χ0v) is 19.5. The summed E-state index contributed by atoms with van der Waals surface area (Å²) in [7, 11) is 2.17. The molecule has 1 heterocycles. The summed E-state index contributed by atoms with van der Waals surface area (Å²) in [5.41, 5.74) is 3.50. The first-order valence-corrected chi connectivity index (χ1v) is 12.1. The molecule has 1 saturated heterocycles. The monoisotopic (exact) mass is 460 g/mol. The predicted octanol–water partition coefficient (Wildman–Crippen LogP) is 4.97. The minimum atomic E-state index is -0.902. The summed E-state index contributed by atoms with van der Waals surface area (Å²) >= 11 is 0. The molecule has 1 aliphatic carbocycles. The number of benzene rings is 3. The fourth-order valence-electron chi connectivity index (χ4n) is 5.71. The standard InChI is InChI=1S/C29H30F2N2O/c1-32(27-19-21-5-2-3-6-22(21)20-27)16-4-17-33-18-15-29(28(33)34,23-7-11-25(30)12-8-23)24-9-13-26(31)14-10-24/h2-3,5-14,27H,4,15-20H2,1H3. The molecule has 5 heteroatoms. The Hall–Kier alpha value is -3.05. The SMILES string of the molecule is CN(CCCN1CCC(c2ccc(F)cc2)(c2ccc(F)cc2)C1=O)C1Cc2ccccc2C1. The Kier molecular flexibility index (Phi) is 6.22. The Bertz CT molecular complexity index is 1090. The number of carbonyl (C=O) groups is 1. The number of halogens is 2. The van der Waals surface area contributed by atoms with Crippen LogP contribution in [0, 0.1) is 11.6 Å². The highest BCUT2D eigenvalue weighted by Crippen LogP contribution is 2.42. The maximum Gasteiger partial charge on any atom is 0.237 e. The maximum atomic E-state index is 13.8. The summed E-state index contributed by atoms with van der Waals surface area (Å²) in [6.45, 7) is 2.22. The van der Waals surface area contributed by atoms with Crippen molar-refractivity contribution < 1.29 is 13.6 Å². The van der Waals surface area contributed by atoms with Gasteiger partial charge in [0.1, 0.15) is 17.0 Å². The first kappa shape index (κ1) is 22.7. The second kappa shape index (κ2) is 9.30. The minimum Gasteiger partial charge on any atom is -0.342 e. The van der Waals surface area contributed by atoms with Crippen LogP contribution in [0.25, 0.3) is 0 Å². The molecular formula is C29H30F2N2O. The van der Waals surface area contributed by atoms with Crippen LogP contribution in [-0.4, -0.2) is 48.4 Å². The van der Waals surface area contributed by atoms with Crippen molar-refractivity contribution in [2.75, 3.05) is 26.7 Å². The molecule has 176 valence electrons. The van der Waals surface area contributed by atoms with E-state index >= 15 is 0 Å². The highest BCUT2D eigenvalue weighted by molar-refractivity contribution is 5.94. The average molecular weight is 461 g/mol. The van der Waals surface area contributed by atoms with Crippen LogP contribution in [-0.2, 0) is 23.1 Å². The van der Waals surface area contributed by atoms with Crippen molar-refractivity contribution in [2.24, 2.45) is 0 Å². The number of likely N-dealkylation sites (tertiary alicyclic amines) is 1. The fraction of sp³-hybridized carbons (Fsp3) is 0.345. The van der Waals surface area contributed by atoms with Crippen LogP contribution >= 0.6 is 0 Å². The van der Waals surface area contributed by atoms with E-state index in [0.717, 1.165) is 36.9 Å². The molecule has 5 rings (SSSR count). The molecule has 0 N–H and O–H groups in total. The van der Waals surface area contributed by atoms with E-state index in [1.54, 1.807) is 24.3 Å². The van der Waals surface area contributed by atoms with Crippen LogP contribution < -0.4 is 0 Å². The minimum absolute atomic E-state index is 0.0154. The smallest absolute Gasteiger partial charge is 0.237 e. The number of likely N-dealkylation sites (N-methyl/N-ethyl adjacent to an activating group) is 1. The lowest BCUT2D eigenvalue weighted by molar-refractivity contribution is -0.131. The van der Waals surface area contributed by atoms with E-state index in [4.69, 9.17) is 0 Å². The van der Waals surface area contributed by atoms with E-state index in [1.165, 1.54) is 35.4 Å². The van der Waals surface area contributed by atoms with E-state index in [2.05, 4.69) is 36.2 Å². The molecule has 1 fully saturated rings. The lowest BCUT2D eigenvalue weighted by Crippen LogP contribution is -2.40. The van der Waals surface area contributed by atoms with E-state index in [1.807, 2.05) is 4.90 Å². The number of hydrogen-bond acceptors (Lipinski definition) is 2. The van der Waals surface area contributed by atoms with Gasteiger partial charge in [-0.3, -0.25) is 4.79 Å². The Morgan fingerprint density at radius 3 is 1.94 bits per heavy atom. The number of nitrogens with zero attached hydrogens (tertiary/aromatic N) is 2. The normalized spacial score (nSPS) is 17.5. The van der Waals surface area contributed by atoms with Gasteiger partial charge in [0.25, 0.3) is 0 Å². The molecule has 2 aliphatic rings. The Labute approximate surface area is 200 Å². The molecule has 0 unspecified atom stereocenters. The molecule has 0 atom stereocenters. The number of fused-ring (bicyclic) bond motifs is 1. The van der Waals surface area contributed by atoms with Crippen molar-refractivity contribution in [1.29, 1.82) is 0 Å². The summed E-state index contributed by atoms with van der Waals surface area (Å²) in [6, 6.07) is 21.5. The van der Waals surface area contributed by atoms with Gasteiger partial charge in [-0.25, -0.2) is 8.78 Å². The van der Waals surface area contributed by atoms with Gasteiger partial charge in [0.05, 0.1) is 0 Å². The third kappa shape index (κ3) is 4.14. The van der Waals surface area contributed by atoms with Crippen LogP contribution in [0.15, 0.2) is 72.8 Å². The van der Waals surface area contributed by atoms with Gasteiger partial charge in [-0.15, -0.1) is 0 Å². The zero-order chi connectivity index (χ0) is 23.7. The largest absolute Gasteiger partial charge is 0.342 e.